The van der Waals surface area contributed by atoms with Crippen LogP contribution >= 0.6 is 7.92 Å². The van der Waals surface area contributed by atoms with E-state index in [2.05, 4.69) is 89.2 Å². The molecule has 0 saturated heterocycles. The molecule has 0 aliphatic heterocycles. The van der Waals surface area contributed by atoms with Crippen molar-refractivity contribution in [1.29, 1.82) is 0 Å². The van der Waals surface area contributed by atoms with Crippen LogP contribution in [0, 0.1) is 27.7 Å². The van der Waals surface area contributed by atoms with Crippen molar-refractivity contribution in [2.75, 3.05) is 0 Å². The minimum absolute atomic E-state index is 0.0850. The maximum atomic E-state index is 6.30. The predicted octanol–water partition coefficient (Wildman–Crippen LogP) is 4.56. The van der Waals surface area contributed by atoms with Gasteiger partial charge in [-0.25, -0.2) is 0 Å². The Morgan fingerprint density at radius 1 is 0.800 bits per heavy atom. The molecule has 2 aromatic carbocycles. The van der Waals surface area contributed by atoms with Crippen LogP contribution in [0.3, 0.4) is 0 Å². The molecule has 2 atom stereocenters. The van der Waals surface area contributed by atoms with Crippen LogP contribution in [0.15, 0.2) is 60.2 Å². The molecule has 0 radical (unpaired) electrons. The van der Waals surface area contributed by atoms with Crippen molar-refractivity contribution in [3.8, 4) is 0 Å². The number of benzene rings is 2. The van der Waals surface area contributed by atoms with Crippen LogP contribution in [0.25, 0.3) is 0 Å². The lowest BCUT2D eigenvalue weighted by Crippen LogP contribution is -2.29. The third-order valence-corrected chi connectivity index (χ3v) is 7.35. The zero-order valence-electron chi connectivity index (χ0n) is 15.9. The Hall–Kier alpha value is -1.69. The molecule has 2 heteroatoms. The lowest BCUT2D eigenvalue weighted by molar-refractivity contribution is 0.845. The highest BCUT2D eigenvalue weighted by atomic mass is 31.1. The van der Waals surface area contributed by atoms with Crippen LogP contribution in [0.4, 0.5) is 0 Å². The Kier molecular flexibility index (Phi) is 5.27. The van der Waals surface area contributed by atoms with E-state index in [1.807, 2.05) is 0 Å². The highest BCUT2D eigenvalue weighted by molar-refractivity contribution is 7.74. The van der Waals surface area contributed by atoms with E-state index in [4.69, 9.17) is 5.73 Å². The first kappa shape index (κ1) is 18.1. The fourth-order valence-corrected chi connectivity index (χ4v) is 6.99. The SMILES string of the molecule is Cc1cc(C)cc(P(c2cc(C)cc(C)c2)C2C=CC=C2[C@H](C)N)c1. The van der Waals surface area contributed by atoms with Crippen LogP contribution in [0.2, 0.25) is 0 Å². The predicted molar refractivity (Wildman–Crippen MR) is 113 cm³/mol. The smallest absolute Gasteiger partial charge is 0.0282 e. The fourth-order valence-electron chi connectivity index (χ4n) is 3.79. The molecule has 0 amide bonds. The van der Waals surface area contributed by atoms with Crippen molar-refractivity contribution in [1.82, 2.24) is 0 Å². The third-order valence-electron chi connectivity index (χ3n) is 4.70. The van der Waals surface area contributed by atoms with Crippen LogP contribution < -0.4 is 16.3 Å². The van der Waals surface area contributed by atoms with Crippen LogP contribution in [-0.4, -0.2) is 11.7 Å². The number of allylic oxidation sites excluding steroid dienone is 3. The number of nitrogens with two attached hydrogens (primary N) is 1. The highest BCUT2D eigenvalue weighted by Gasteiger charge is 2.29. The Morgan fingerprint density at radius 3 is 1.64 bits per heavy atom. The van der Waals surface area contributed by atoms with Gasteiger partial charge in [-0.2, -0.15) is 0 Å². The third kappa shape index (κ3) is 3.94. The van der Waals surface area contributed by atoms with Gasteiger partial charge in [-0.05, 0) is 58.7 Å². The molecule has 2 aromatic rings. The molecule has 0 fully saturated rings. The van der Waals surface area contributed by atoms with Gasteiger partial charge >= 0.3 is 0 Å². The first-order valence-corrected chi connectivity index (χ1v) is 10.4. The Balaban J connectivity index is 2.18. The lowest BCUT2D eigenvalue weighted by Gasteiger charge is -2.29. The topological polar surface area (TPSA) is 26.0 Å². The quantitative estimate of drug-likeness (QED) is 0.804. The van der Waals surface area contributed by atoms with Crippen molar-refractivity contribution >= 4 is 18.5 Å². The summed E-state index contributed by atoms with van der Waals surface area (Å²) in [6.45, 7) is 10.9. The Labute approximate surface area is 153 Å². The molecular weight excluding hydrogens is 321 g/mol. The first-order valence-electron chi connectivity index (χ1n) is 8.95. The molecular formula is C23H28NP. The van der Waals surface area contributed by atoms with Crippen LogP contribution in [0.5, 0.6) is 0 Å². The van der Waals surface area contributed by atoms with Gasteiger partial charge < -0.3 is 5.73 Å². The van der Waals surface area contributed by atoms with E-state index in [9.17, 15) is 0 Å². The summed E-state index contributed by atoms with van der Waals surface area (Å²) < 4.78 is 0. The average molecular weight is 349 g/mol. The number of aryl methyl sites for hydroxylation is 4. The van der Waals surface area contributed by atoms with Gasteiger partial charge in [0.2, 0.25) is 0 Å². The van der Waals surface area contributed by atoms with Crippen LogP contribution in [-0.2, 0) is 0 Å². The maximum absolute atomic E-state index is 6.30. The van der Waals surface area contributed by atoms with Crippen molar-refractivity contribution in [3.05, 3.63) is 82.5 Å². The summed E-state index contributed by atoms with van der Waals surface area (Å²) in [5, 5.41) is 2.89. The molecule has 0 spiro atoms. The second kappa shape index (κ2) is 7.28. The number of hydrogen-bond donors (Lipinski definition) is 1. The van der Waals surface area contributed by atoms with E-state index in [1.165, 1.54) is 38.4 Å². The van der Waals surface area contributed by atoms with Gasteiger partial charge in [0.25, 0.3) is 0 Å². The summed E-state index contributed by atoms with van der Waals surface area (Å²) in [5.74, 6) is 0. The molecule has 0 heterocycles. The zero-order valence-corrected chi connectivity index (χ0v) is 16.8. The van der Waals surface area contributed by atoms with E-state index in [1.54, 1.807) is 0 Å². The van der Waals surface area contributed by atoms with Crippen molar-refractivity contribution < 1.29 is 0 Å². The molecule has 130 valence electrons. The van der Waals surface area contributed by atoms with Gasteiger partial charge in [-0.3, -0.25) is 0 Å². The second-order valence-electron chi connectivity index (χ2n) is 7.35. The van der Waals surface area contributed by atoms with E-state index < -0.39 is 7.92 Å². The monoisotopic (exact) mass is 349 g/mol. The number of hydrogen-bond acceptors (Lipinski definition) is 1. The maximum Gasteiger partial charge on any atom is 0.0282 e. The van der Waals surface area contributed by atoms with Gasteiger partial charge in [0.05, 0.1) is 0 Å². The molecule has 0 bridgehead atoms. The summed E-state index contributed by atoms with van der Waals surface area (Å²) in [6.07, 6.45) is 6.75. The number of rotatable bonds is 4. The van der Waals surface area contributed by atoms with E-state index >= 15 is 0 Å². The minimum Gasteiger partial charge on any atom is -0.324 e. The Bertz CT molecular complexity index is 753. The van der Waals surface area contributed by atoms with Gasteiger partial charge in [0.1, 0.15) is 0 Å². The molecule has 3 rings (SSSR count). The van der Waals surface area contributed by atoms with Gasteiger partial charge in [0.15, 0.2) is 0 Å². The second-order valence-corrected chi connectivity index (χ2v) is 9.68. The molecule has 1 nitrogen and oxygen atoms in total. The van der Waals surface area contributed by atoms with Crippen molar-refractivity contribution in [2.45, 2.75) is 46.3 Å². The van der Waals surface area contributed by atoms with Crippen molar-refractivity contribution in [2.24, 2.45) is 5.73 Å². The largest absolute Gasteiger partial charge is 0.324 e. The standard InChI is InChI=1S/C23H28NP/c1-15-9-16(2)12-20(11-15)25(21-13-17(3)10-18(4)14-21)23-8-6-7-22(23)19(5)24/h6-14,19,23H,24H2,1-5H3/t19-,23?/m0/s1. The summed E-state index contributed by atoms with van der Waals surface area (Å²) >= 11 is 0. The normalized spacial score (nSPS) is 17.9. The summed E-state index contributed by atoms with van der Waals surface area (Å²) in [4.78, 5) is 0. The fraction of sp³-hybridized carbons (Fsp3) is 0.304. The molecule has 2 N–H and O–H groups in total. The highest BCUT2D eigenvalue weighted by Crippen LogP contribution is 2.46. The zero-order chi connectivity index (χ0) is 18.1. The minimum atomic E-state index is -0.524. The van der Waals surface area contributed by atoms with Gasteiger partial charge in [-0.1, -0.05) is 76.9 Å². The Morgan fingerprint density at radius 2 is 1.24 bits per heavy atom. The van der Waals surface area contributed by atoms with Gasteiger partial charge in [-0.15, -0.1) is 0 Å². The van der Waals surface area contributed by atoms with Crippen LogP contribution in [0.1, 0.15) is 29.2 Å². The van der Waals surface area contributed by atoms with E-state index in [-0.39, 0.29) is 6.04 Å². The summed E-state index contributed by atoms with van der Waals surface area (Å²) in [7, 11) is -0.524. The average Bonchev–Trinajstić information content (AvgIpc) is 2.94. The van der Waals surface area contributed by atoms with Crippen molar-refractivity contribution in [3.63, 3.8) is 0 Å². The summed E-state index contributed by atoms with van der Waals surface area (Å²) in [5.41, 5.74) is 13.4. The molecule has 0 aromatic heterocycles. The molecule has 1 aliphatic carbocycles. The lowest BCUT2D eigenvalue weighted by atomic mass is 10.1. The summed E-state index contributed by atoms with van der Waals surface area (Å²) in [6, 6.07) is 14.0. The molecule has 1 unspecified atom stereocenters. The van der Waals surface area contributed by atoms with Gasteiger partial charge in [0, 0.05) is 11.7 Å². The molecule has 0 saturated carbocycles. The first-order chi connectivity index (χ1) is 11.8. The molecule has 1 aliphatic rings. The van der Waals surface area contributed by atoms with E-state index in [0.717, 1.165) is 0 Å². The molecule has 25 heavy (non-hydrogen) atoms. The van der Waals surface area contributed by atoms with E-state index in [0.29, 0.717) is 5.66 Å².